The zero-order valence-electron chi connectivity index (χ0n) is 21.6. The highest BCUT2D eigenvalue weighted by atomic mass is 16.5. The van der Waals surface area contributed by atoms with Crippen LogP contribution < -0.4 is 0 Å². The maximum atomic E-state index is 7.10. The van der Waals surface area contributed by atoms with Crippen LogP contribution in [0.1, 0.15) is 116 Å². The standard InChI is InChI=1S/C31H52O2/c1-21-7-6-10-22(14-13-21)25-19-32-28-17-15-23-8-2-4-11-26(23)30(28)31-27-12-5-3-9-24(27)16-18-29(31)33-20-25/h21-31H,2-20H2,1H3. The molecule has 1 aliphatic heterocycles. The van der Waals surface area contributed by atoms with Crippen LogP contribution >= 0.6 is 0 Å². The van der Waals surface area contributed by atoms with Gasteiger partial charge < -0.3 is 9.47 Å². The van der Waals surface area contributed by atoms with E-state index in [9.17, 15) is 0 Å². The molecule has 10 unspecified atom stereocenters. The molecule has 33 heavy (non-hydrogen) atoms. The van der Waals surface area contributed by atoms with Crippen molar-refractivity contribution in [2.24, 2.45) is 53.3 Å². The van der Waals surface area contributed by atoms with Gasteiger partial charge in [-0.25, -0.2) is 0 Å². The first-order chi connectivity index (χ1) is 16.3. The van der Waals surface area contributed by atoms with Gasteiger partial charge in [0.15, 0.2) is 0 Å². The van der Waals surface area contributed by atoms with Crippen LogP contribution in [-0.4, -0.2) is 25.4 Å². The Kier molecular flexibility index (Phi) is 7.42. The third kappa shape index (κ3) is 4.83. The second kappa shape index (κ2) is 10.5. The Morgan fingerprint density at radius 1 is 0.424 bits per heavy atom. The normalized spacial score (nSPS) is 51.4. The Bertz CT molecular complexity index is 590. The highest BCUT2D eigenvalue weighted by Gasteiger charge is 2.53. The summed E-state index contributed by atoms with van der Waals surface area (Å²) >= 11 is 0. The lowest BCUT2D eigenvalue weighted by atomic mass is 9.53. The minimum atomic E-state index is 0.534. The fourth-order valence-electron chi connectivity index (χ4n) is 10.2. The number of rotatable bonds is 1. The summed E-state index contributed by atoms with van der Waals surface area (Å²) in [6.45, 7) is 4.45. The van der Waals surface area contributed by atoms with Crippen LogP contribution in [0.15, 0.2) is 0 Å². The molecule has 0 radical (unpaired) electrons. The van der Waals surface area contributed by atoms with Crippen LogP contribution in [-0.2, 0) is 9.47 Å². The minimum absolute atomic E-state index is 0.534. The van der Waals surface area contributed by atoms with E-state index in [-0.39, 0.29) is 0 Å². The topological polar surface area (TPSA) is 18.5 Å². The van der Waals surface area contributed by atoms with E-state index in [0.717, 1.165) is 60.6 Å². The predicted octanol–water partition coefficient (Wildman–Crippen LogP) is 8.04. The van der Waals surface area contributed by atoms with Gasteiger partial charge in [0.05, 0.1) is 25.4 Å². The van der Waals surface area contributed by atoms with E-state index >= 15 is 0 Å². The molecule has 0 aromatic heterocycles. The molecule has 188 valence electrons. The van der Waals surface area contributed by atoms with Gasteiger partial charge in [0, 0.05) is 5.92 Å². The van der Waals surface area contributed by atoms with Gasteiger partial charge in [-0.15, -0.1) is 0 Å². The molecule has 2 nitrogen and oxygen atoms in total. The summed E-state index contributed by atoms with van der Waals surface area (Å²) < 4.78 is 14.2. The summed E-state index contributed by atoms with van der Waals surface area (Å²) in [4.78, 5) is 0. The van der Waals surface area contributed by atoms with Gasteiger partial charge in [-0.1, -0.05) is 71.1 Å². The van der Waals surface area contributed by atoms with Gasteiger partial charge >= 0.3 is 0 Å². The third-order valence-electron chi connectivity index (χ3n) is 11.9. The molecule has 6 fully saturated rings. The molecule has 0 aromatic rings. The zero-order chi connectivity index (χ0) is 22.2. The van der Waals surface area contributed by atoms with Crippen molar-refractivity contribution < 1.29 is 9.47 Å². The van der Waals surface area contributed by atoms with Gasteiger partial charge in [0.1, 0.15) is 0 Å². The average Bonchev–Trinajstić information content (AvgIpc) is 3.03. The molecule has 5 saturated carbocycles. The van der Waals surface area contributed by atoms with Crippen molar-refractivity contribution in [1.29, 1.82) is 0 Å². The first-order valence-electron chi connectivity index (χ1n) is 15.5. The Morgan fingerprint density at radius 2 is 0.939 bits per heavy atom. The van der Waals surface area contributed by atoms with Crippen molar-refractivity contribution >= 4 is 0 Å². The molecule has 2 heteroatoms. The Labute approximate surface area is 204 Å². The molecule has 1 heterocycles. The van der Waals surface area contributed by atoms with Crippen molar-refractivity contribution in [2.75, 3.05) is 13.2 Å². The van der Waals surface area contributed by atoms with E-state index < -0.39 is 0 Å². The van der Waals surface area contributed by atoms with Gasteiger partial charge in [-0.05, 0) is 92.3 Å². The quantitative estimate of drug-likeness (QED) is 0.372. The molecule has 6 aliphatic rings. The molecule has 10 atom stereocenters. The molecule has 0 N–H and O–H groups in total. The molecular weight excluding hydrogens is 404 g/mol. The maximum absolute atomic E-state index is 7.10. The minimum Gasteiger partial charge on any atom is -0.378 e. The summed E-state index contributed by atoms with van der Waals surface area (Å²) in [5.41, 5.74) is 0. The average molecular weight is 457 g/mol. The molecule has 0 amide bonds. The molecule has 5 aliphatic carbocycles. The van der Waals surface area contributed by atoms with Crippen molar-refractivity contribution in [1.82, 2.24) is 0 Å². The molecule has 0 spiro atoms. The first-order valence-corrected chi connectivity index (χ1v) is 15.5. The van der Waals surface area contributed by atoms with E-state index in [1.165, 1.54) is 109 Å². The zero-order valence-corrected chi connectivity index (χ0v) is 21.6. The van der Waals surface area contributed by atoms with Crippen molar-refractivity contribution in [3.8, 4) is 0 Å². The molecule has 1 saturated heterocycles. The van der Waals surface area contributed by atoms with Crippen LogP contribution in [0, 0.1) is 53.3 Å². The second-order valence-electron chi connectivity index (χ2n) is 13.6. The summed E-state index contributed by atoms with van der Waals surface area (Å²) in [5.74, 6) is 7.85. The molecular formula is C31H52O2. The fraction of sp³-hybridized carbons (Fsp3) is 1.00. The summed E-state index contributed by atoms with van der Waals surface area (Å²) in [6.07, 6.45) is 25.7. The summed E-state index contributed by atoms with van der Waals surface area (Å²) in [6, 6.07) is 0. The largest absolute Gasteiger partial charge is 0.378 e. The summed E-state index contributed by atoms with van der Waals surface area (Å²) in [5, 5.41) is 0. The Hall–Kier alpha value is -0.0800. The van der Waals surface area contributed by atoms with Gasteiger partial charge in [-0.3, -0.25) is 0 Å². The monoisotopic (exact) mass is 456 g/mol. The molecule has 0 aromatic carbocycles. The first kappa shape index (κ1) is 23.3. The number of hydrogen-bond donors (Lipinski definition) is 0. The van der Waals surface area contributed by atoms with Crippen molar-refractivity contribution in [3.05, 3.63) is 0 Å². The molecule has 6 rings (SSSR count). The lowest BCUT2D eigenvalue weighted by molar-refractivity contribution is -0.140. The molecule has 0 bridgehead atoms. The van der Waals surface area contributed by atoms with Crippen LogP contribution in [0.2, 0.25) is 0 Å². The van der Waals surface area contributed by atoms with E-state index in [4.69, 9.17) is 9.47 Å². The highest BCUT2D eigenvalue weighted by Crippen LogP contribution is 2.56. The van der Waals surface area contributed by atoms with E-state index in [1.807, 2.05) is 0 Å². The van der Waals surface area contributed by atoms with Crippen LogP contribution in [0.25, 0.3) is 0 Å². The van der Waals surface area contributed by atoms with Gasteiger partial charge in [0.2, 0.25) is 0 Å². The number of fused-ring (bicyclic) bond motifs is 7. The van der Waals surface area contributed by atoms with Crippen LogP contribution in [0.3, 0.4) is 0 Å². The number of ether oxygens (including phenoxy) is 2. The fourth-order valence-corrected chi connectivity index (χ4v) is 10.2. The lowest BCUT2D eigenvalue weighted by Gasteiger charge is -2.55. The second-order valence-corrected chi connectivity index (χ2v) is 13.6. The Balaban J connectivity index is 1.28. The Morgan fingerprint density at radius 3 is 1.55 bits per heavy atom. The van der Waals surface area contributed by atoms with Crippen molar-refractivity contribution in [2.45, 2.75) is 128 Å². The van der Waals surface area contributed by atoms with E-state index in [1.54, 1.807) is 0 Å². The van der Waals surface area contributed by atoms with Gasteiger partial charge in [0.25, 0.3) is 0 Å². The maximum Gasteiger partial charge on any atom is 0.0610 e. The van der Waals surface area contributed by atoms with E-state index in [0.29, 0.717) is 18.1 Å². The van der Waals surface area contributed by atoms with Crippen LogP contribution in [0.5, 0.6) is 0 Å². The van der Waals surface area contributed by atoms with E-state index in [2.05, 4.69) is 6.92 Å². The SMILES string of the molecule is CC1CCCC(C2COC3CCC4CCCCC4C3C3C(CCC4CCCCC43)OC2)CC1. The van der Waals surface area contributed by atoms with Crippen LogP contribution in [0.4, 0.5) is 0 Å². The van der Waals surface area contributed by atoms with Crippen molar-refractivity contribution in [3.63, 3.8) is 0 Å². The summed E-state index contributed by atoms with van der Waals surface area (Å²) in [7, 11) is 0. The smallest absolute Gasteiger partial charge is 0.0610 e. The third-order valence-corrected chi connectivity index (χ3v) is 11.9. The predicted molar refractivity (Wildman–Crippen MR) is 135 cm³/mol. The van der Waals surface area contributed by atoms with Gasteiger partial charge in [-0.2, -0.15) is 0 Å². The highest BCUT2D eigenvalue weighted by molar-refractivity contribution is 5.02. The lowest BCUT2D eigenvalue weighted by Crippen LogP contribution is -2.53. The number of hydrogen-bond acceptors (Lipinski definition) is 2.